The van der Waals surface area contributed by atoms with Gasteiger partial charge in [-0.2, -0.15) is 0 Å². The molecule has 0 aromatic heterocycles. The van der Waals surface area contributed by atoms with Gasteiger partial charge in [-0.15, -0.1) is 0 Å². The summed E-state index contributed by atoms with van der Waals surface area (Å²) in [6, 6.07) is 0. The molecule has 7 atom stereocenters. The number of halogens is 1. The predicted octanol–water partition coefficient (Wildman–Crippen LogP) is 2.49. The van der Waals surface area contributed by atoms with Gasteiger partial charge in [0.1, 0.15) is 18.9 Å². The Labute approximate surface area is 182 Å². The Morgan fingerprint density at radius 2 is 1.90 bits per heavy atom. The van der Waals surface area contributed by atoms with Gasteiger partial charge in [-0.25, -0.2) is 4.39 Å². The maximum absolute atomic E-state index is 17.0. The molecule has 0 aromatic carbocycles. The average Bonchev–Trinajstić information content (AvgIpc) is 2.95. The molecule has 0 spiro atoms. The molecular weight excluding hydrogens is 403 g/mol. The van der Waals surface area contributed by atoms with Crippen LogP contribution < -0.4 is 0 Å². The summed E-state index contributed by atoms with van der Waals surface area (Å²) in [4.78, 5) is 36.3. The van der Waals surface area contributed by atoms with E-state index in [9.17, 15) is 24.6 Å². The summed E-state index contributed by atoms with van der Waals surface area (Å²) in [5, 5.41) is 21.3. The number of aliphatic hydroxyl groups is 2. The fourth-order valence-electron chi connectivity index (χ4n) is 7.48. The number of hydrogen-bond acceptors (Lipinski definition) is 6. The van der Waals surface area contributed by atoms with Crippen molar-refractivity contribution in [2.24, 2.45) is 22.7 Å². The molecule has 31 heavy (non-hydrogen) atoms. The van der Waals surface area contributed by atoms with Crippen molar-refractivity contribution in [1.82, 2.24) is 0 Å². The Bertz CT molecular complexity index is 853. The maximum atomic E-state index is 17.0. The second-order valence-electron chi connectivity index (χ2n) is 10.6. The second-order valence-corrected chi connectivity index (χ2v) is 10.6. The number of rotatable bonds is 5. The Morgan fingerprint density at radius 1 is 1.19 bits per heavy atom. The summed E-state index contributed by atoms with van der Waals surface area (Å²) >= 11 is 0. The molecule has 4 rings (SSSR count). The number of hydrogen-bond donors (Lipinski definition) is 2. The molecule has 1 unspecified atom stereocenters. The van der Waals surface area contributed by atoms with Crippen LogP contribution in [0.4, 0.5) is 4.39 Å². The summed E-state index contributed by atoms with van der Waals surface area (Å²) < 4.78 is 22.7. The van der Waals surface area contributed by atoms with Crippen molar-refractivity contribution in [1.29, 1.82) is 0 Å². The molecular formula is C24H33FO6. The van der Waals surface area contributed by atoms with E-state index in [0.717, 1.165) is 5.57 Å². The lowest BCUT2D eigenvalue weighted by molar-refractivity contribution is -0.197. The minimum Gasteiger partial charge on any atom is -0.388 e. The van der Waals surface area contributed by atoms with Crippen LogP contribution >= 0.6 is 0 Å². The fourth-order valence-corrected chi connectivity index (χ4v) is 7.48. The van der Waals surface area contributed by atoms with Crippen molar-refractivity contribution in [3.05, 3.63) is 11.6 Å². The van der Waals surface area contributed by atoms with E-state index < -0.39 is 46.5 Å². The highest BCUT2D eigenvalue weighted by Gasteiger charge is 2.74. The highest BCUT2D eigenvalue weighted by atomic mass is 19.1. The Balaban J connectivity index is 1.75. The lowest BCUT2D eigenvalue weighted by atomic mass is 9.44. The quantitative estimate of drug-likeness (QED) is 0.687. The predicted molar refractivity (Wildman–Crippen MR) is 110 cm³/mol. The van der Waals surface area contributed by atoms with Gasteiger partial charge in [0.2, 0.25) is 0 Å². The maximum Gasteiger partial charge on any atom is 0.192 e. The molecule has 0 amide bonds. The van der Waals surface area contributed by atoms with E-state index >= 15 is 4.39 Å². The molecule has 172 valence electrons. The van der Waals surface area contributed by atoms with Crippen LogP contribution in [-0.2, 0) is 19.1 Å². The number of aliphatic hydroxyl groups excluding tert-OH is 1. The summed E-state index contributed by atoms with van der Waals surface area (Å²) in [7, 11) is 0. The number of ketones is 3. The molecule has 0 bridgehead atoms. The van der Waals surface area contributed by atoms with Gasteiger partial charge < -0.3 is 14.9 Å². The first-order valence-electron chi connectivity index (χ1n) is 11.3. The van der Waals surface area contributed by atoms with Gasteiger partial charge in [0.05, 0.1) is 6.10 Å². The Morgan fingerprint density at radius 3 is 2.55 bits per heavy atom. The number of allylic oxidation sites excluding steroid dienone is 1. The first kappa shape index (κ1) is 22.7. The minimum absolute atomic E-state index is 0.0525. The molecule has 6 nitrogen and oxygen atoms in total. The van der Waals surface area contributed by atoms with Crippen LogP contribution in [0.25, 0.3) is 0 Å². The number of carbonyl (C=O) groups is 3. The molecule has 2 N–H and O–H groups in total. The van der Waals surface area contributed by atoms with Crippen molar-refractivity contribution in [2.75, 3.05) is 13.2 Å². The average molecular weight is 437 g/mol. The van der Waals surface area contributed by atoms with Gasteiger partial charge in [-0.1, -0.05) is 19.4 Å². The molecule has 0 heterocycles. The van der Waals surface area contributed by atoms with Gasteiger partial charge in [-0.05, 0) is 63.4 Å². The van der Waals surface area contributed by atoms with Crippen molar-refractivity contribution in [3.8, 4) is 0 Å². The zero-order valence-electron chi connectivity index (χ0n) is 18.6. The topological polar surface area (TPSA) is 101 Å². The molecule has 0 saturated heterocycles. The van der Waals surface area contributed by atoms with Gasteiger partial charge in [-0.3, -0.25) is 14.4 Å². The molecule has 0 radical (unpaired) electrons. The molecule has 3 fully saturated rings. The smallest absolute Gasteiger partial charge is 0.192 e. The summed E-state index contributed by atoms with van der Waals surface area (Å²) in [6.45, 7) is 4.01. The fraction of sp³-hybridized carbons (Fsp3) is 0.792. The van der Waals surface area contributed by atoms with Crippen LogP contribution in [0.2, 0.25) is 0 Å². The lowest BCUT2D eigenvalue weighted by Gasteiger charge is -2.61. The van der Waals surface area contributed by atoms with E-state index in [1.54, 1.807) is 13.0 Å². The van der Waals surface area contributed by atoms with Crippen LogP contribution in [0.5, 0.6) is 0 Å². The van der Waals surface area contributed by atoms with Crippen molar-refractivity contribution in [2.45, 2.75) is 83.1 Å². The van der Waals surface area contributed by atoms with Crippen molar-refractivity contribution >= 4 is 17.3 Å². The first-order valence-corrected chi connectivity index (χ1v) is 11.3. The van der Waals surface area contributed by atoms with E-state index in [1.807, 2.05) is 6.92 Å². The second kappa shape index (κ2) is 7.29. The minimum atomic E-state index is -1.97. The first-order chi connectivity index (χ1) is 14.4. The van der Waals surface area contributed by atoms with Crippen LogP contribution in [0.15, 0.2) is 11.6 Å². The number of carbonyl (C=O) groups excluding carboxylic acids is 3. The van der Waals surface area contributed by atoms with Crippen molar-refractivity contribution in [3.63, 3.8) is 0 Å². The largest absolute Gasteiger partial charge is 0.388 e. The third-order valence-electron chi connectivity index (χ3n) is 9.32. The van der Waals surface area contributed by atoms with Crippen LogP contribution in [0, 0.1) is 22.7 Å². The zero-order valence-corrected chi connectivity index (χ0v) is 18.6. The molecule has 0 aliphatic heterocycles. The summed E-state index contributed by atoms with van der Waals surface area (Å²) in [5.41, 5.74) is -4.32. The van der Waals surface area contributed by atoms with Gasteiger partial charge >= 0.3 is 0 Å². The lowest BCUT2D eigenvalue weighted by Crippen LogP contribution is -2.65. The van der Waals surface area contributed by atoms with Crippen molar-refractivity contribution < 1.29 is 33.7 Å². The standard InChI is InChI=1S/C24H33FO6/c1-14(27)13-31-20-11-18-17-5-4-15-10-16(28)6-7-21(15,2)23(17,25)9-8-22(18,3)24(20,30)19(29)12-26/h10,17-18,20,26,30H,4-9,11-13H2,1-3H3/t17-,18-,20+,21-,22-,23?,24+/m0/s1. The van der Waals surface area contributed by atoms with E-state index in [-0.39, 0.29) is 43.4 Å². The monoisotopic (exact) mass is 436 g/mol. The van der Waals surface area contributed by atoms with Crippen LogP contribution in [0.1, 0.15) is 65.7 Å². The SMILES string of the molecule is CC(=O)CO[C@@H]1C[C@H]2[C@@H]3CCC4=CC(=O)CC[C@]4(C)C3(F)CC[C@]2(C)[C@@]1(O)C(=O)CO. The number of fused-ring (bicyclic) bond motifs is 5. The third kappa shape index (κ3) is 2.89. The normalized spacial score (nSPS) is 46.6. The third-order valence-corrected chi connectivity index (χ3v) is 9.32. The molecule has 7 heteroatoms. The Kier molecular flexibility index (Phi) is 5.35. The molecule has 4 aliphatic carbocycles. The summed E-state index contributed by atoms with van der Waals surface area (Å²) in [5.74, 6) is -1.64. The highest BCUT2D eigenvalue weighted by Crippen LogP contribution is 2.70. The zero-order chi connectivity index (χ0) is 22.8. The van der Waals surface area contributed by atoms with Gasteiger partial charge in [0, 0.05) is 17.3 Å². The van der Waals surface area contributed by atoms with Crippen LogP contribution in [-0.4, -0.2) is 58.2 Å². The highest BCUT2D eigenvalue weighted by molar-refractivity contribution is 5.92. The number of Topliss-reactive ketones (excluding diaryl/α,β-unsaturated/α-hetero) is 2. The summed E-state index contributed by atoms with van der Waals surface area (Å²) in [6.07, 6.45) is 3.33. The molecule has 4 aliphatic rings. The van der Waals surface area contributed by atoms with E-state index in [1.165, 1.54) is 6.92 Å². The van der Waals surface area contributed by atoms with E-state index in [4.69, 9.17) is 4.74 Å². The molecule has 0 aromatic rings. The van der Waals surface area contributed by atoms with Gasteiger partial charge in [0.15, 0.2) is 23.0 Å². The number of ether oxygens (including phenoxy) is 1. The van der Waals surface area contributed by atoms with E-state index in [0.29, 0.717) is 25.7 Å². The van der Waals surface area contributed by atoms with E-state index in [2.05, 4.69) is 0 Å². The van der Waals surface area contributed by atoms with Gasteiger partial charge in [0.25, 0.3) is 0 Å². The number of alkyl halides is 1. The Hall–Kier alpha value is -1.44. The molecule has 3 saturated carbocycles. The van der Waals surface area contributed by atoms with Crippen LogP contribution in [0.3, 0.4) is 0 Å².